The first kappa shape index (κ1) is 15.5. The van der Waals surface area contributed by atoms with Gasteiger partial charge in [0, 0.05) is 6.54 Å². The van der Waals surface area contributed by atoms with Gasteiger partial charge in [0.15, 0.2) is 0 Å². The molecule has 7 heteroatoms. The molecular weight excluding hydrogens is 239 g/mol. The maximum Gasteiger partial charge on any atom is 0.490 e. The average Bonchev–Trinajstić information content (AvgIpc) is 2.29. The van der Waals surface area contributed by atoms with Crippen LogP contribution in [0.25, 0.3) is 0 Å². The number of ether oxygens (including phenoxy) is 1. The molecule has 0 bridgehead atoms. The zero-order chi connectivity index (χ0) is 13.5. The number of rotatable bonds is 1. The Labute approximate surface area is 96.4 Å². The van der Waals surface area contributed by atoms with Crippen molar-refractivity contribution in [1.82, 2.24) is 5.32 Å². The first-order valence-corrected chi connectivity index (χ1v) is 4.51. The normalized spacial score (nSPS) is 23.9. The van der Waals surface area contributed by atoms with Crippen LogP contribution < -0.4 is 5.32 Å². The third kappa shape index (κ3) is 5.38. The minimum absolute atomic E-state index is 0.418. The van der Waals surface area contributed by atoms with Crippen LogP contribution in [-0.2, 0) is 9.53 Å². The summed E-state index contributed by atoms with van der Waals surface area (Å²) >= 11 is 0. The molecular formula is C10H12F3NO3. The number of hydrogen-bond acceptors (Lipinski definition) is 3. The van der Waals surface area contributed by atoms with Gasteiger partial charge in [-0.25, -0.2) is 4.79 Å². The summed E-state index contributed by atoms with van der Waals surface area (Å²) < 4.78 is 36.9. The van der Waals surface area contributed by atoms with E-state index in [1.54, 1.807) is 6.08 Å². The monoisotopic (exact) mass is 251 g/mol. The smallest absolute Gasteiger partial charge is 0.475 e. The van der Waals surface area contributed by atoms with Gasteiger partial charge < -0.3 is 9.84 Å². The van der Waals surface area contributed by atoms with E-state index in [0.29, 0.717) is 6.61 Å². The molecule has 0 aromatic heterocycles. The highest BCUT2D eigenvalue weighted by Gasteiger charge is 2.38. The molecule has 0 spiro atoms. The quantitative estimate of drug-likeness (QED) is 0.534. The average molecular weight is 251 g/mol. The largest absolute Gasteiger partial charge is 0.490 e. The molecule has 1 aliphatic rings. The van der Waals surface area contributed by atoms with Crippen LogP contribution in [0.5, 0.6) is 0 Å². The first-order valence-electron chi connectivity index (χ1n) is 4.51. The fourth-order valence-corrected chi connectivity index (χ4v) is 0.913. The molecule has 96 valence electrons. The Kier molecular flexibility index (Phi) is 5.71. The minimum Gasteiger partial charge on any atom is -0.475 e. The zero-order valence-corrected chi connectivity index (χ0v) is 8.88. The molecule has 0 aliphatic carbocycles. The van der Waals surface area contributed by atoms with Crippen LogP contribution in [0, 0.1) is 12.3 Å². The van der Waals surface area contributed by atoms with Gasteiger partial charge in [-0.15, -0.1) is 13.0 Å². The summed E-state index contributed by atoms with van der Waals surface area (Å²) in [6.07, 6.45) is 1.92. The lowest BCUT2D eigenvalue weighted by molar-refractivity contribution is -0.192. The summed E-state index contributed by atoms with van der Waals surface area (Å²) in [5, 5.41) is 10.3. The highest BCUT2D eigenvalue weighted by Crippen LogP contribution is 2.13. The third-order valence-electron chi connectivity index (χ3n) is 1.87. The Bertz CT molecular complexity index is 314. The van der Waals surface area contributed by atoms with Crippen molar-refractivity contribution >= 4 is 5.97 Å². The number of nitrogens with one attached hydrogen (secondary N) is 1. The maximum absolute atomic E-state index is 10.6. The Morgan fingerprint density at radius 2 is 2.18 bits per heavy atom. The minimum atomic E-state index is -5.08. The summed E-state index contributed by atoms with van der Waals surface area (Å²) in [5.74, 6) is -0.144. The van der Waals surface area contributed by atoms with Gasteiger partial charge >= 0.3 is 12.1 Å². The highest BCUT2D eigenvalue weighted by atomic mass is 19.4. The number of carboxylic acid groups (broad SMARTS) is 1. The van der Waals surface area contributed by atoms with E-state index < -0.39 is 17.7 Å². The molecule has 1 unspecified atom stereocenters. The number of carboxylic acids is 1. The summed E-state index contributed by atoms with van der Waals surface area (Å²) in [4.78, 5) is 8.90. The summed E-state index contributed by atoms with van der Waals surface area (Å²) in [6.45, 7) is 5.71. The number of halogens is 3. The number of morpholine rings is 1. The molecule has 1 saturated heterocycles. The van der Waals surface area contributed by atoms with Gasteiger partial charge in [0.1, 0.15) is 5.54 Å². The van der Waals surface area contributed by atoms with Crippen molar-refractivity contribution in [2.24, 2.45) is 0 Å². The van der Waals surface area contributed by atoms with Crippen molar-refractivity contribution in [3.05, 3.63) is 12.7 Å². The van der Waals surface area contributed by atoms with E-state index in [9.17, 15) is 13.2 Å². The molecule has 17 heavy (non-hydrogen) atoms. The number of carbonyl (C=O) groups is 1. The van der Waals surface area contributed by atoms with E-state index in [2.05, 4.69) is 17.8 Å². The predicted octanol–water partition coefficient (Wildman–Crippen LogP) is 0.797. The van der Waals surface area contributed by atoms with E-state index >= 15 is 0 Å². The molecule has 1 rings (SSSR count). The standard InChI is InChI=1S/C8H11NO.C2HF3O2/c1-3-8(4-2)7-10-6-5-9-8;3-2(4,5)1(6)7/h1,4,9H,2,5-7H2;(H,6,7). The highest BCUT2D eigenvalue weighted by molar-refractivity contribution is 5.73. The Hall–Kier alpha value is -1.52. The predicted molar refractivity (Wildman–Crippen MR) is 54.3 cm³/mol. The summed E-state index contributed by atoms with van der Waals surface area (Å²) in [5.41, 5.74) is -0.418. The van der Waals surface area contributed by atoms with Gasteiger partial charge in [0.2, 0.25) is 0 Å². The second-order valence-corrected chi connectivity index (χ2v) is 3.10. The van der Waals surface area contributed by atoms with Crippen molar-refractivity contribution in [1.29, 1.82) is 0 Å². The van der Waals surface area contributed by atoms with Crippen molar-refractivity contribution < 1.29 is 27.8 Å². The van der Waals surface area contributed by atoms with Crippen molar-refractivity contribution in [3.63, 3.8) is 0 Å². The molecule has 2 N–H and O–H groups in total. The van der Waals surface area contributed by atoms with E-state index in [-0.39, 0.29) is 0 Å². The lowest BCUT2D eigenvalue weighted by Crippen LogP contribution is -2.51. The SMILES string of the molecule is C#CC1(C=C)COCCN1.O=C(O)C(F)(F)F. The van der Waals surface area contributed by atoms with Crippen LogP contribution in [0.15, 0.2) is 12.7 Å². The van der Waals surface area contributed by atoms with Gasteiger partial charge in [-0.3, -0.25) is 5.32 Å². The van der Waals surface area contributed by atoms with Crippen molar-refractivity contribution in [2.45, 2.75) is 11.7 Å². The fourth-order valence-electron chi connectivity index (χ4n) is 0.913. The molecule has 0 aromatic carbocycles. The summed E-state index contributed by atoms with van der Waals surface area (Å²) in [6, 6.07) is 0. The number of alkyl halides is 3. The van der Waals surface area contributed by atoms with E-state index in [0.717, 1.165) is 13.2 Å². The number of aliphatic carboxylic acids is 1. The van der Waals surface area contributed by atoms with Gasteiger partial charge in [0.25, 0.3) is 0 Å². The molecule has 1 aliphatic heterocycles. The molecule has 0 amide bonds. The third-order valence-corrected chi connectivity index (χ3v) is 1.87. The van der Waals surface area contributed by atoms with Crippen LogP contribution in [0.4, 0.5) is 13.2 Å². The molecule has 1 atom stereocenters. The van der Waals surface area contributed by atoms with Crippen LogP contribution >= 0.6 is 0 Å². The molecule has 1 heterocycles. The number of terminal acetylenes is 1. The van der Waals surface area contributed by atoms with Crippen molar-refractivity contribution in [3.8, 4) is 12.3 Å². The van der Waals surface area contributed by atoms with Crippen LogP contribution in [0.2, 0.25) is 0 Å². The summed E-state index contributed by atoms with van der Waals surface area (Å²) in [7, 11) is 0. The molecule has 1 fully saturated rings. The van der Waals surface area contributed by atoms with E-state index in [4.69, 9.17) is 21.1 Å². The first-order chi connectivity index (χ1) is 7.77. The Morgan fingerprint density at radius 1 is 1.65 bits per heavy atom. The Balaban J connectivity index is 0.000000325. The zero-order valence-electron chi connectivity index (χ0n) is 8.88. The van der Waals surface area contributed by atoms with Crippen LogP contribution in [0.3, 0.4) is 0 Å². The topological polar surface area (TPSA) is 58.6 Å². The van der Waals surface area contributed by atoms with Crippen LogP contribution in [-0.4, -0.2) is 42.5 Å². The second kappa shape index (κ2) is 6.27. The molecule has 0 radical (unpaired) electrons. The lowest BCUT2D eigenvalue weighted by Gasteiger charge is -2.30. The van der Waals surface area contributed by atoms with Gasteiger partial charge in [0.05, 0.1) is 13.2 Å². The van der Waals surface area contributed by atoms with Gasteiger partial charge in [-0.2, -0.15) is 13.2 Å². The fraction of sp³-hybridized carbons (Fsp3) is 0.500. The van der Waals surface area contributed by atoms with Crippen molar-refractivity contribution in [2.75, 3.05) is 19.8 Å². The Morgan fingerprint density at radius 3 is 2.35 bits per heavy atom. The van der Waals surface area contributed by atoms with E-state index in [1.165, 1.54) is 0 Å². The van der Waals surface area contributed by atoms with Gasteiger partial charge in [-0.1, -0.05) is 12.0 Å². The van der Waals surface area contributed by atoms with Crippen LogP contribution in [0.1, 0.15) is 0 Å². The lowest BCUT2D eigenvalue weighted by atomic mass is 10.0. The molecule has 0 aromatic rings. The number of hydrogen-bond donors (Lipinski definition) is 2. The van der Waals surface area contributed by atoms with Gasteiger partial charge in [-0.05, 0) is 0 Å². The van der Waals surface area contributed by atoms with E-state index in [1.807, 2.05) is 0 Å². The molecule has 4 nitrogen and oxygen atoms in total. The second-order valence-electron chi connectivity index (χ2n) is 3.10. The molecule has 0 saturated carbocycles. The maximum atomic E-state index is 10.6.